The van der Waals surface area contributed by atoms with Crippen LogP contribution in [-0.2, 0) is 4.79 Å². The summed E-state index contributed by atoms with van der Waals surface area (Å²) in [5.41, 5.74) is 1.44. The van der Waals surface area contributed by atoms with Crippen LogP contribution >= 0.6 is 23.2 Å². The first-order chi connectivity index (χ1) is 11.0. The molecule has 1 N–H and O–H groups in total. The van der Waals surface area contributed by atoms with Gasteiger partial charge in [-0.15, -0.1) is 0 Å². The van der Waals surface area contributed by atoms with Crippen LogP contribution in [0.4, 0.5) is 5.69 Å². The molecule has 2 aliphatic rings. The molecule has 1 saturated carbocycles. The molecule has 1 aliphatic heterocycles. The molecule has 1 aliphatic carbocycles. The van der Waals surface area contributed by atoms with Crippen molar-refractivity contribution in [1.29, 1.82) is 0 Å². The first kappa shape index (κ1) is 17.1. The van der Waals surface area contributed by atoms with Gasteiger partial charge in [-0.05, 0) is 49.8 Å². The number of rotatable bonds is 3. The van der Waals surface area contributed by atoms with Crippen molar-refractivity contribution in [3.8, 4) is 0 Å². The minimum absolute atomic E-state index is 0.0336. The Kier molecular flexibility index (Phi) is 5.50. The third-order valence-electron chi connectivity index (χ3n) is 5.29. The van der Waals surface area contributed by atoms with Crippen LogP contribution in [0.2, 0.25) is 10.0 Å². The summed E-state index contributed by atoms with van der Waals surface area (Å²) < 4.78 is 0. The van der Waals surface area contributed by atoms with Crippen molar-refractivity contribution in [3.63, 3.8) is 0 Å². The predicted molar refractivity (Wildman–Crippen MR) is 96.3 cm³/mol. The molecule has 1 aromatic rings. The van der Waals surface area contributed by atoms with Gasteiger partial charge in [-0.3, -0.25) is 9.69 Å². The maximum atomic E-state index is 12.4. The zero-order valence-corrected chi connectivity index (χ0v) is 15.1. The summed E-state index contributed by atoms with van der Waals surface area (Å²) in [4.78, 5) is 14.7. The van der Waals surface area contributed by atoms with Crippen molar-refractivity contribution < 1.29 is 4.79 Å². The number of nitrogens with zero attached hydrogens (tertiary/aromatic N) is 1. The normalized spacial score (nSPS) is 25.0. The molecule has 23 heavy (non-hydrogen) atoms. The van der Waals surface area contributed by atoms with Gasteiger partial charge in [0.2, 0.25) is 5.91 Å². The average molecular weight is 355 g/mol. The summed E-state index contributed by atoms with van der Waals surface area (Å²) in [6.45, 7) is 4.39. The summed E-state index contributed by atoms with van der Waals surface area (Å²) in [7, 11) is 0. The van der Waals surface area contributed by atoms with E-state index in [9.17, 15) is 4.79 Å². The highest BCUT2D eigenvalue weighted by atomic mass is 35.5. The Morgan fingerprint density at radius 3 is 2.74 bits per heavy atom. The molecule has 0 aromatic heterocycles. The molecule has 3 nitrogen and oxygen atoms in total. The Morgan fingerprint density at radius 2 is 1.96 bits per heavy atom. The van der Waals surface area contributed by atoms with Crippen LogP contribution in [0.25, 0.3) is 0 Å². The van der Waals surface area contributed by atoms with Crippen LogP contribution in [0, 0.1) is 18.8 Å². The van der Waals surface area contributed by atoms with E-state index in [1.165, 1.54) is 32.1 Å². The van der Waals surface area contributed by atoms with E-state index in [1.54, 1.807) is 6.07 Å². The Labute approximate surface area is 148 Å². The standard InChI is InChI=1S/C18H24Cl2N2O/c1-12-6-7-15(19)18(17(12)20)21-16(23)11-22-9-8-13-4-2-3-5-14(13)10-22/h6-7,13-14H,2-5,8-11H2,1H3,(H,21,23)/t13-,14-/m1/s1. The lowest BCUT2D eigenvalue weighted by atomic mass is 9.75. The SMILES string of the molecule is Cc1ccc(Cl)c(NC(=O)CN2CC[C@H]3CCCC[C@@H]3C2)c1Cl. The number of hydrogen-bond donors (Lipinski definition) is 1. The summed E-state index contributed by atoms with van der Waals surface area (Å²) in [5.74, 6) is 1.62. The van der Waals surface area contributed by atoms with Gasteiger partial charge in [-0.25, -0.2) is 0 Å². The van der Waals surface area contributed by atoms with Gasteiger partial charge in [-0.2, -0.15) is 0 Å². The lowest BCUT2D eigenvalue weighted by Gasteiger charge is -2.41. The van der Waals surface area contributed by atoms with E-state index in [1.807, 2.05) is 13.0 Å². The summed E-state index contributed by atoms with van der Waals surface area (Å²) in [6, 6.07) is 3.63. The van der Waals surface area contributed by atoms with Crippen LogP contribution in [0.3, 0.4) is 0 Å². The predicted octanol–water partition coefficient (Wildman–Crippen LogP) is 4.75. The minimum atomic E-state index is -0.0336. The molecule has 2 fully saturated rings. The molecule has 3 rings (SSSR count). The second-order valence-electron chi connectivity index (χ2n) is 6.93. The average Bonchev–Trinajstić information content (AvgIpc) is 2.55. The molecule has 1 aromatic carbocycles. The summed E-state index contributed by atoms with van der Waals surface area (Å²) >= 11 is 12.4. The molecule has 1 heterocycles. The number of hydrogen-bond acceptors (Lipinski definition) is 2. The molecule has 0 bridgehead atoms. The van der Waals surface area contributed by atoms with Crippen LogP contribution in [-0.4, -0.2) is 30.4 Å². The second kappa shape index (κ2) is 7.42. The van der Waals surface area contributed by atoms with Crippen LogP contribution < -0.4 is 5.32 Å². The molecule has 1 amide bonds. The third-order valence-corrected chi connectivity index (χ3v) is 6.09. The number of halogens is 2. The largest absolute Gasteiger partial charge is 0.322 e. The van der Waals surface area contributed by atoms with Gasteiger partial charge in [0.25, 0.3) is 0 Å². The fourth-order valence-electron chi connectivity index (χ4n) is 3.97. The van der Waals surface area contributed by atoms with Crippen molar-refractivity contribution in [1.82, 2.24) is 4.90 Å². The van der Waals surface area contributed by atoms with Crippen molar-refractivity contribution >= 4 is 34.8 Å². The quantitative estimate of drug-likeness (QED) is 0.848. The van der Waals surface area contributed by atoms with Crippen molar-refractivity contribution in [3.05, 3.63) is 27.7 Å². The van der Waals surface area contributed by atoms with Gasteiger partial charge in [0.05, 0.1) is 22.3 Å². The molecule has 0 unspecified atom stereocenters. The van der Waals surface area contributed by atoms with E-state index < -0.39 is 0 Å². The third kappa shape index (κ3) is 4.01. The van der Waals surface area contributed by atoms with E-state index in [-0.39, 0.29) is 5.91 Å². The lowest BCUT2D eigenvalue weighted by molar-refractivity contribution is -0.118. The lowest BCUT2D eigenvalue weighted by Crippen LogP contribution is -2.44. The van der Waals surface area contributed by atoms with Gasteiger partial charge in [0.1, 0.15) is 0 Å². The van der Waals surface area contributed by atoms with E-state index in [4.69, 9.17) is 23.2 Å². The number of carbonyl (C=O) groups is 1. The molecule has 2 atom stereocenters. The maximum Gasteiger partial charge on any atom is 0.238 e. The highest BCUT2D eigenvalue weighted by Crippen LogP contribution is 2.36. The Hall–Kier alpha value is -0.770. The number of piperidine rings is 1. The van der Waals surface area contributed by atoms with Gasteiger partial charge in [-0.1, -0.05) is 48.5 Å². The van der Waals surface area contributed by atoms with Crippen molar-refractivity contribution in [2.75, 3.05) is 25.0 Å². The monoisotopic (exact) mass is 354 g/mol. The number of nitrogens with one attached hydrogen (secondary N) is 1. The molecule has 5 heteroatoms. The molecular weight excluding hydrogens is 331 g/mol. The van der Waals surface area contributed by atoms with E-state index in [2.05, 4.69) is 10.2 Å². The van der Waals surface area contributed by atoms with Crippen molar-refractivity contribution in [2.45, 2.75) is 39.0 Å². The van der Waals surface area contributed by atoms with Gasteiger partial charge in [0.15, 0.2) is 0 Å². The summed E-state index contributed by atoms with van der Waals surface area (Å²) in [5, 5.41) is 3.91. The molecule has 1 saturated heterocycles. The van der Waals surface area contributed by atoms with Gasteiger partial charge >= 0.3 is 0 Å². The fraction of sp³-hybridized carbons (Fsp3) is 0.611. The van der Waals surface area contributed by atoms with Crippen LogP contribution in [0.1, 0.15) is 37.7 Å². The smallest absolute Gasteiger partial charge is 0.238 e. The summed E-state index contributed by atoms with van der Waals surface area (Å²) in [6.07, 6.45) is 6.64. The minimum Gasteiger partial charge on any atom is -0.322 e. The number of likely N-dealkylation sites (tertiary alicyclic amines) is 1. The van der Waals surface area contributed by atoms with E-state index >= 15 is 0 Å². The number of fused-ring (bicyclic) bond motifs is 1. The van der Waals surface area contributed by atoms with Gasteiger partial charge in [0, 0.05) is 6.54 Å². The topological polar surface area (TPSA) is 32.3 Å². The van der Waals surface area contributed by atoms with Crippen molar-refractivity contribution in [2.24, 2.45) is 11.8 Å². The molecule has 126 valence electrons. The number of anilines is 1. The van der Waals surface area contributed by atoms with Crippen LogP contribution in [0.5, 0.6) is 0 Å². The molecule has 0 spiro atoms. The zero-order valence-electron chi connectivity index (χ0n) is 13.6. The Bertz CT molecular complexity index is 591. The first-order valence-electron chi connectivity index (χ1n) is 8.51. The van der Waals surface area contributed by atoms with E-state index in [0.717, 1.165) is 30.5 Å². The number of carbonyl (C=O) groups excluding carboxylic acids is 1. The highest BCUT2D eigenvalue weighted by molar-refractivity contribution is 6.40. The Balaban J connectivity index is 1.59. The first-order valence-corrected chi connectivity index (χ1v) is 9.27. The van der Waals surface area contributed by atoms with Gasteiger partial charge < -0.3 is 5.32 Å². The Morgan fingerprint density at radius 1 is 1.22 bits per heavy atom. The maximum absolute atomic E-state index is 12.4. The number of aryl methyl sites for hydroxylation is 1. The zero-order chi connectivity index (χ0) is 16.4. The number of benzene rings is 1. The second-order valence-corrected chi connectivity index (χ2v) is 7.72. The number of amides is 1. The van der Waals surface area contributed by atoms with Crippen LogP contribution in [0.15, 0.2) is 12.1 Å². The highest BCUT2D eigenvalue weighted by Gasteiger charge is 2.31. The molecular formula is C18H24Cl2N2O. The fourth-order valence-corrected chi connectivity index (χ4v) is 4.44. The molecule has 0 radical (unpaired) electrons. The van der Waals surface area contributed by atoms with E-state index in [0.29, 0.717) is 22.3 Å².